The lowest BCUT2D eigenvalue weighted by Crippen LogP contribution is -2.44. The maximum Gasteiger partial charge on any atom is 0.425 e. The van der Waals surface area contributed by atoms with Crippen LogP contribution in [0.4, 0.5) is 41.9 Å². The number of alkyl halides is 3. The Morgan fingerprint density at radius 3 is 2.39 bits per heavy atom. The van der Waals surface area contributed by atoms with E-state index < -0.39 is 17.0 Å². The highest BCUT2D eigenvalue weighted by atomic mass is 32.1. The number of aromatic nitrogens is 2. The van der Waals surface area contributed by atoms with Crippen molar-refractivity contribution in [3.05, 3.63) is 87.4 Å². The van der Waals surface area contributed by atoms with Crippen LogP contribution >= 0.6 is 11.3 Å². The number of halogens is 3. The van der Waals surface area contributed by atoms with Crippen molar-refractivity contribution in [3.8, 4) is 0 Å². The fourth-order valence-electron chi connectivity index (χ4n) is 5.27. The Labute approximate surface area is 256 Å². The van der Waals surface area contributed by atoms with Crippen LogP contribution < -0.4 is 20.4 Å². The van der Waals surface area contributed by atoms with Crippen molar-refractivity contribution in [2.24, 2.45) is 0 Å². The second kappa shape index (κ2) is 11.9. The average Bonchev–Trinajstić information content (AvgIpc) is 3.51. The number of aryl methyl sites for hydroxylation is 1. The van der Waals surface area contributed by atoms with Crippen LogP contribution in [-0.4, -0.2) is 66.5 Å². The molecule has 0 aliphatic carbocycles. The lowest BCUT2D eigenvalue weighted by atomic mass is 10.0. The number of piperazine rings is 1. The maximum atomic E-state index is 13.5. The zero-order valence-electron chi connectivity index (χ0n) is 24.1. The van der Waals surface area contributed by atoms with Gasteiger partial charge in [0, 0.05) is 68.1 Å². The summed E-state index contributed by atoms with van der Waals surface area (Å²) in [4.78, 5) is 40.6. The molecule has 4 heterocycles. The summed E-state index contributed by atoms with van der Waals surface area (Å²) in [6.07, 6.45) is -2.50. The van der Waals surface area contributed by atoms with Gasteiger partial charge in [-0.15, -0.1) is 11.3 Å². The van der Waals surface area contributed by atoms with E-state index in [-0.39, 0.29) is 10.8 Å². The predicted octanol–water partition coefficient (Wildman–Crippen LogP) is 5.82. The van der Waals surface area contributed by atoms with Crippen molar-refractivity contribution in [1.29, 1.82) is 0 Å². The predicted molar refractivity (Wildman–Crippen MR) is 165 cm³/mol. The summed E-state index contributed by atoms with van der Waals surface area (Å²) >= 11 is 0.379. The molecule has 2 aliphatic rings. The van der Waals surface area contributed by atoms with Crippen LogP contribution in [0.3, 0.4) is 0 Å². The number of hydrogen-bond donors (Lipinski definition) is 2. The van der Waals surface area contributed by atoms with Gasteiger partial charge in [-0.2, -0.15) is 13.2 Å². The van der Waals surface area contributed by atoms with Crippen molar-refractivity contribution in [3.63, 3.8) is 0 Å². The van der Waals surface area contributed by atoms with E-state index in [2.05, 4.69) is 49.6 Å². The van der Waals surface area contributed by atoms with Crippen molar-refractivity contribution in [2.75, 3.05) is 60.2 Å². The molecule has 9 nitrogen and oxygen atoms in total. The molecule has 2 N–H and O–H groups in total. The third kappa shape index (κ3) is 6.24. The number of thiophene rings is 1. The van der Waals surface area contributed by atoms with Gasteiger partial charge in [-0.1, -0.05) is 6.07 Å². The summed E-state index contributed by atoms with van der Waals surface area (Å²) in [5.74, 6) is -0.521. The molecule has 2 aromatic heterocycles. The van der Waals surface area contributed by atoms with E-state index in [9.17, 15) is 22.8 Å². The first-order valence-electron chi connectivity index (χ1n) is 14.1. The van der Waals surface area contributed by atoms with Crippen LogP contribution in [0.2, 0.25) is 0 Å². The highest BCUT2D eigenvalue weighted by molar-refractivity contribution is 7.14. The molecule has 13 heteroatoms. The first kappa shape index (κ1) is 29.6. The van der Waals surface area contributed by atoms with Crippen LogP contribution in [0.5, 0.6) is 0 Å². The molecule has 228 valence electrons. The van der Waals surface area contributed by atoms with Gasteiger partial charge in [0.2, 0.25) is 5.95 Å². The van der Waals surface area contributed by atoms with E-state index in [0.717, 1.165) is 49.6 Å². The van der Waals surface area contributed by atoms with E-state index >= 15 is 0 Å². The van der Waals surface area contributed by atoms with Crippen LogP contribution in [0.1, 0.15) is 36.2 Å². The zero-order valence-corrected chi connectivity index (χ0v) is 24.9. The number of nitrogens with zero attached hydrogens (tertiary/aromatic N) is 5. The summed E-state index contributed by atoms with van der Waals surface area (Å²) in [6.45, 7) is 6.25. The monoisotopic (exact) mass is 621 g/mol. The molecular formula is C31H30F3N7O2S. The molecule has 0 saturated carbocycles. The number of carbonyl (C=O) groups excluding carboxylic acids is 2. The fourth-order valence-corrected chi connectivity index (χ4v) is 6.04. The SMILES string of the molecule is Cc1ccc(NC(=O)c2ccc(C(F)(F)F)s2)cc1N1CCc2nc(Nc3ccc(N4CCN(C)CC4)cc3)ncc2C1=O. The van der Waals surface area contributed by atoms with E-state index in [1.54, 1.807) is 23.1 Å². The van der Waals surface area contributed by atoms with E-state index in [1.165, 1.54) is 11.9 Å². The maximum absolute atomic E-state index is 13.5. The Kier molecular flexibility index (Phi) is 7.99. The van der Waals surface area contributed by atoms with Gasteiger partial charge in [0.25, 0.3) is 11.8 Å². The van der Waals surface area contributed by atoms with Gasteiger partial charge in [-0.05, 0) is 68.1 Å². The minimum atomic E-state index is -4.51. The number of rotatable bonds is 6. The number of carbonyl (C=O) groups is 2. The first-order valence-corrected chi connectivity index (χ1v) is 14.9. The molecule has 2 amide bonds. The third-order valence-corrected chi connectivity index (χ3v) is 8.90. The smallest absolute Gasteiger partial charge is 0.369 e. The second-order valence-corrected chi connectivity index (χ2v) is 11.9. The molecular weight excluding hydrogens is 591 g/mol. The average molecular weight is 622 g/mol. The van der Waals surface area contributed by atoms with Gasteiger partial charge in [-0.3, -0.25) is 9.59 Å². The van der Waals surface area contributed by atoms with Gasteiger partial charge >= 0.3 is 6.18 Å². The van der Waals surface area contributed by atoms with Crippen LogP contribution in [0.25, 0.3) is 0 Å². The molecule has 0 bridgehead atoms. The first-order chi connectivity index (χ1) is 21.0. The lowest BCUT2D eigenvalue weighted by Gasteiger charge is -2.34. The summed E-state index contributed by atoms with van der Waals surface area (Å²) in [6, 6.07) is 15.2. The van der Waals surface area contributed by atoms with Gasteiger partial charge < -0.3 is 25.3 Å². The highest BCUT2D eigenvalue weighted by Crippen LogP contribution is 2.35. The number of anilines is 5. The van der Waals surface area contributed by atoms with Gasteiger partial charge in [0.1, 0.15) is 4.88 Å². The van der Waals surface area contributed by atoms with Gasteiger partial charge in [0.15, 0.2) is 0 Å². The van der Waals surface area contributed by atoms with Crippen molar-refractivity contribution in [2.45, 2.75) is 19.5 Å². The van der Waals surface area contributed by atoms with Crippen LogP contribution in [0, 0.1) is 6.92 Å². The van der Waals surface area contributed by atoms with Crippen LogP contribution in [0.15, 0.2) is 60.8 Å². The van der Waals surface area contributed by atoms with Crippen molar-refractivity contribution < 1.29 is 22.8 Å². The van der Waals surface area contributed by atoms with Gasteiger partial charge in [0.05, 0.1) is 16.1 Å². The quantitative estimate of drug-likeness (QED) is 0.281. The summed E-state index contributed by atoms with van der Waals surface area (Å²) in [5.41, 5.74) is 4.79. The number of fused-ring (bicyclic) bond motifs is 1. The number of benzene rings is 2. The topological polar surface area (TPSA) is 93.7 Å². The Morgan fingerprint density at radius 1 is 0.955 bits per heavy atom. The molecule has 0 unspecified atom stereocenters. The number of hydrogen-bond acceptors (Lipinski definition) is 8. The Morgan fingerprint density at radius 2 is 1.68 bits per heavy atom. The fraction of sp³-hybridized carbons (Fsp3) is 0.290. The lowest BCUT2D eigenvalue weighted by molar-refractivity contribution is -0.134. The molecule has 1 saturated heterocycles. The zero-order chi connectivity index (χ0) is 31.0. The largest absolute Gasteiger partial charge is 0.425 e. The standard InChI is InChI=1S/C31H30F3N7O2S/c1-19-3-4-21(36-28(42)26-9-10-27(44-26)31(32,33)34)17-25(19)41-12-11-24-23(29(41)43)18-35-30(38-24)37-20-5-7-22(8-6-20)40-15-13-39(2)14-16-40/h3-10,17-18H,11-16H2,1-2H3,(H,36,42)(H,35,37,38). The number of amides is 2. The van der Waals surface area contributed by atoms with Crippen LogP contribution in [-0.2, 0) is 12.6 Å². The molecule has 2 aliphatic heterocycles. The molecule has 0 radical (unpaired) electrons. The molecule has 1 fully saturated rings. The highest BCUT2D eigenvalue weighted by Gasteiger charge is 2.33. The van der Waals surface area contributed by atoms with E-state index in [4.69, 9.17) is 0 Å². The molecule has 44 heavy (non-hydrogen) atoms. The summed E-state index contributed by atoms with van der Waals surface area (Å²) in [5, 5.41) is 5.88. The van der Waals surface area contributed by atoms with Crippen molar-refractivity contribution >= 4 is 51.8 Å². The minimum absolute atomic E-state index is 0.0602. The second-order valence-electron chi connectivity index (χ2n) is 10.8. The Hall–Kier alpha value is -4.49. The van der Waals surface area contributed by atoms with Crippen molar-refractivity contribution in [1.82, 2.24) is 14.9 Å². The molecule has 2 aromatic carbocycles. The number of likely N-dealkylation sites (N-methyl/N-ethyl adjacent to an activating group) is 1. The summed E-state index contributed by atoms with van der Waals surface area (Å²) < 4.78 is 38.9. The molecule has 6 rings (SSSR count). The van der Waals surface area contributed by atoms with E-state index in [1.807, 2.05) is 19.1 Å². The molecule has 0 atom stereocenters. The minimum Gasteiger partial charge on any atom is -0.369 e. The van der Waals surface area contributed by atoms with Gasteiger partial charge in [-0.25, -0.2) is 9.97 Å². The Balaban J connectivity index is 1.13. The molecule has 4 aromatic rings. The Bertz CT molecular complexity index is 1700. The molecule has 0 spiro atoms. The third-order valence-electron chi connectivity index (χ3n) is 7.77. The van der Waals surface area contributed by atoms with E-state index in [0.29, 0.717) is 52.9 Å². The summed E-state index contributed by atoms with van der Waals surface area (Å²) in [7, 11) is 2.13. The normalized spacial score (nSPS) is 15.7. The number of nitrogens with one attached hydrogen (secondary N) is 2.